The molecular formula is C21H23N3O2. The smallest absolute Gasteiger partial charge is 0.230 e. The van der Waals surface area contributed by atoms with E-state index < -0.39 is 0 Å². The molecule has 0 saturated carbocycles. The van der Waals surface area contributed by atoms with E-state index in [-0.39, 0.29) is 0 Å². The standard InChI is InChI=1S/C21H23N3O2/c1-15-13-18(11-12-22-15)21-23-20(24-26-21)17-9-7-16(8-10-17)14-25-19-5-3-2-4-6-19/h2-10,15,18,22H,11-14H2,1H3/t15-,18-/m0/s1. The lowest BCUT2D eigenvalue weighted by Gasteiger charge is -2.25. The lowest BCUT2D eigenvalue weighted by atomic mass is 9.93. The van der Waals surface area contributed by atoms with Gasteiger partial charge in [0.2, 0.25) is 11.7 Å². The van der Waals surface area contributed by atoms with E-state index in [9.17, 15) is 0 Å². The Kier molecular flexibility index (Phi) is 4.97. The molecule has 0 radical (unpaired) electrons. The molecule has 5 nitrogen and oxygen atoms in total. The van der Waals surface area contributed by atoms with Crippen molar-refractivity contribution in [2.24, 2.45) is 0 Å². The number of nitrogens with one attached hydrogen (secondary N) is 1. The normalized spacial score (nSPS) is 20.0. The van der Waals surface area contributed by atoms with E-state index in [0.29, 0.717) is 24.4 Å². The molecule has 1 aromatic heterocycles. The first-order chi connectivity index (χ1) is 12.8. The second kappa shape index (κ2) is 7.70. The Hall–Kier alpha value is -2.66. The zero-order valence-electron chi connectivity index (χ0n) is 14.9. The highest BCUT2D eigenvalue weighted by atomic mass is 16.5. The van der Waals surface area contributed by atoms with Gasteiger partial charge in [-0.05, 0) is 44.0 Å². The van der Waals surface area contributed by atoms with Crippen molar-refractivity contribution in [3.63, 3.8) is 0 Å². The van der Waals surface area contributed by atoms with Crippen LogP contribution < -0.4 is 10.1 Å². The maximum Gasteiger partial charge on any atom is 0.230 e. The first kappa shape index (κ1) is 16.8. The third kappa shape index (κ3) is 3.94. The first-order valence-electron chi connectivity index (χ1n) is 9.12. The summed E-state index contributed by atoms with van der Waals surface area (Å²) in [6.45, 7) is 3.73. The number of aromatic nitrogens is 2. The van der Waals surface area contributed by atoms with Gasteiger partial charge in [-0.25, -0.2) is 0 Å². The minimum atomic E-state index is 0.353. The number of piperidine rings is 1. The number of benzene rings is 2. The Morgan fingerprint density at radius 2 is 1.92 bits per heavy atom. The summed E-state index contributed by atoms with van der Waals surface area (Å²) >= 11 is 0. The third-order valence-electron chi connectivity index (χ3n) is 4.78. The molecule has 4 rings (SSSR count). The van der Waals surface area contributed by atoms with Crippen LogP contribution in [0.1, 0.15) is 37.1 Å². The quantitative estimate of drug-likeness (QED) is 0.749. The largest absolute Gasteiger partial charge is 0.489 e. The summed E-state index contributed by atoms with van der Waals surface area (Å²) in [7, 11) is 0. The summed E-state index contributed by atoms with van der Waals surface area (Å²) < 4.78 is 11.3. The molecule has 3 aromatic rings. The molecular weight excluding hydrogens is 326 g/mol. The zero-order valence-corrected chi connectivity index (χ0v) is 14.9. The van der Waals surface area contributed by atoms with Crippen molar-refractivity contribution in [3.8, 4) is 17.1 Å². The highest BCUT2D eigenvalue weighted by Gasteiger charge is 2.25. The summed E-state index contributed by atoms with van der Waals surface area (Å²) in [5.41, 5.74) is 2.07. The predicted octanol–water partition coefficient (Wildman–Crippen LogP) is 4.17. The molecule has 134 valence electrons. The second-order valence-electron chi connectivity index (χ2n) is 6.83. The van der Waals surface area contributed by atoms with Crippen molar-refractivity contribution in [2.75, 3.05) is 6.54 Å². The molecule has 0 unspecified atom stereocenters. The molecule has 1 N–H and O–H groups in total. The predicted molar refractivity (Wildman–Crippen MR) is 99.9 cm³/mol. The van der Waals surface area contributed by atoms with E-state index in [4.69, 9.17) is 9.26 Å². The fourth-order valence-electron chi connectivity index (χ4n) is 3.31. The summed E-state index contributed by atoms with van der Waals surface area (Å²) in [5.74, 6) is 2.63. The van der Waals surface area contributed by atoms with E-state index in [2.05, 4.69) is 22.4 Å². The fraction of sp³-hybridized carbons (Fsp3) is 0.333. The summed E-state index contributed by atoms with van der Waals surface area (Å²) in [6.07, 6.45) is 2.08. The number of rotatable bonds is 5. The van der Waals surface area contributed by atoms with Crippen LogP contribution in [-0.2, 0) is 6.61 Å². The molecule has 5 heteroatoms. The highest BCUT2D eigenvalue weighted by molar-refractivity contribution is 5.54. The van der Waals surface area contributed by atoms with Gasteiger partial charge in [0.15, 0.2) is 0 Å². The van der Waals surface area contributed by atoms with Gasteiger partial charge >= 0.3 is 0 Å². The Labute approximate surface area is 153 Å². The van der Waals surface area contributed by atoms with Crippen LogP contribution in [0.4, 0.5) is 0 Å². The molecule has 26 heavy (non-hydrogen) atoms. The monoisotopic (exact) mass is 349 g/mol. The van der Waals surface area contributed by atoms with Crippen LogP contribution >= 0.6 is 0 Å². The van der Waals surface area contributed by atoms with Crippen molar-refractivity contribution in [2.45, 2.75) is 38.3 Å². The van der Waals surface area contributed by atoms with Gasteiger partial charge in [-0.15, -0.1) is 0 Å². The number of ether oxygens (including phenoxy) is 1. The van der Waals surface area contributed by atoms with E-state index in [1.807, 2.05) is 54.6 Å². The van der Waals surface area contributed by atoms with Crippen molar-refractivity contribution in [3.05, 3.63) is 66.1 Å². The minimum absolute atomic E-state index is 0.353. The van der Waals surface area contributed by atoms with Gasteiger partial charge < -0.3 is 14.6 Å². The highest BCUT2D eigenvalue weighted by Crippen LogP contribution is 2.28. The fourth-order valence-corrected chi connectivity index (χ4v) is 3.31. The lowest BCUT2D eigenvalue weighted by Crippen LogP contribution is -2.34. The topological polar surface area (TPSA) is 60.2 Å². The Morgan fingerprint density at radius 3 is 2.69 bits per heavy atom. The van der Waals surface area contributed by atoms with Crippen LogP contribution in [0.3, 0.4) is 0 Å². The van der Waals surface area contributed by atoms with Gasteiger partial charge in [0.25, 0.3) is 0 Å². The lowest BCUT2D eigenvalue weighted by molar-refractivity contribution is 0.295. The van der Waals surface area contributed by atoms with Crippen molar-refractivity contribution >= 4 is 0 Å². The molecule has 0 aliphatic carbocycles. The van der Waals surface area contributed by atoms with E-state index >= 15 is 0 Å². The van der Waals surface area contributed by atoms with E-state index in [1.54, 1.807) is 0 Å². The number of hydrogen-bond acceptors (Lipinski definition) is 5. The van der Waals surface area contributed by atoms with Crippen LogP contribution in [0.2, 0.25) is 0 Å². The maximum absolute atomic E-state index is 5.78. The van der Waals surface area contributed by atoms with Crippen molar-refractivity contribution < 1.29 is 9.26 Å². The Bertz CT molecular complexity index is 830. The SMILES string of the molecule is C[C@H]1C[C@@H](c2nc(-c3ccc(COc4ccccc4)cc3)no2)CCN1. The van der Waals surface area contributed by atoms with Gasteiger partial charge in [0.05, 0.1) is 0 Å². The van der Waals surface area contributed by atoms with Gasteiger partial charge in [0.1, 0.15) is 12.4 Å². The average molecular weight is 349 g/mol. The molecule has 2 aromatic carbocycles. The zero-order chi connectivity index (χ0) is 17.8. The van der Waals surface area contributed by atoms with Gasteiger partial charge in [-0.3, -0.25) is 0 Å². The van der Waals surface area contributed by atoms with Crippen LogP contribution in [0.5, 0.6) is 5.75 Å². The molecule has 2 heterocycles. The van der Waals surface area contributed by atoms with Crippen molar-refractivity contribution in [1.82, 2.24) is 15.5 Å². The molecule has 0 spiro atoms. The summed E-state index contributed by atoms with van der Waals surface area (Å²) in [5, 5.41) is 7.62. The molecule has 1 aliphatic heterocycles. The minimum Gasteiger partial charge on any atom is -0.489 e. The number of nitrogens with zero attached hydrogens (tertiary/aromatic N) is 2. The average Bonchev–Trinajstić information content (AvgIpc) is 3.18. The second-order valence-corrected chi connectivity index (χ2v) is 6.83. The summed E-state index contributed by atoms with van der Waals surface area (Å²) in [4.78, 5) is 4.63. The third-order valence-corrected chi connectivity index (χ3v) is 4.78. The Balaban J connectivity index is 1.40. The van der Waals surface area contributed by atoms with Gasteiger partial charge in [0, 0.05) is 17.5 Å². The Morgan fingerprint density at radius 1 is 1.12 bits per heavy atom. The molecule has 2 atom stereocenters. The summed E-state index contributed by atoms with van der Waals surface area (Å²) in [6, 6.07) is 18.4. The molecule has 1 aliphatic rings. The van der Waals surface area contributed by atoms with Crippen LogP contribution in [0.25, 0.3) is 11.4 Å². The van der Waals surface area contributed by atoms with Crippen LogP contribution in [0, 0.1) is 0 Å². The molecule has 0 amide bonds. The molecule has 1 fully saturated rings. The van der Waals surface area contributed by atoms with Crippen molar-refractivity contribution in [1.29, 1.82) is 0 Å². The van der Waals surface area contributed by atoms with Crippen LogP contribution in [-0.4, -0.2) is 22.7 Å². The molecule has 0 bridgehead atoms. The van der Waals surface area contributed by atoms with E-state index in [1.165, 1.54) is 0 Å². The van der Waals surface area contributed by atoms with Gasteiger partial charge in [-0.2, -0.15) is 4.98 Å². The molecule has 1 saturated heterocycles. The first-order valence-corrected chi connectivity index (χ1v) is 9.12. The van der Waals surface area contributed by atoms with Gasteiger partial charge in [-0.1, -0.05) is 47.6 Å². The number of para-hydroxylation sites is 1. The number of hydrogen-bond donors (Lipinski definition) is 1. The maximum atomic E-state index is 5.78. The van der Waals surface area contributed by atoms with Crippen LogP contribution in [0.15, 0.2) is 59.1 Å². The van der Waals surface area contributed by atoms with E-state index in [0.717, 1.165) is 42.2 Å².